The number of rotatable bonds is 10. The number of aliphatic imine (C=N–C) groups is 1. The fourth-order valence-electron chi connectivity index (χ4n) is 2.96. The van der Waals surface area contributed by atoms with Crippen molar-refractivity contribution in [2.24, 2.45) is 4.99 Å². The third kappa shape index (κ3) is 6.91. The van der Waals surface area contributed by atoms with Crippen molar-refractivity contribution >= 4 is 5.96 Å². The van der Waals surface area contributed by atoms with Crippen LogP contribution >= 0.6 is 0 Å². The van der Waals surface area contributed by atoms with Crippen LogP contribution in [-0.2, 0) is 13.1 Å². The van der Waals surface area contributed by atoms with Gasteiger partial charge in [0.05, 0.1) is 27.9 Å². The molecule has 0 saturated heterocycles. The van der Waals surface area contributed by atoms with E-state index in [1.54, 1.807) is 39.5 Å². The molecule has 0 aliphatic heterocycles. The third-order valence-corrected chi connectivity index (χ3v) is 4.42. The first-order valence-electron chi connectivity index (χ1n) is 9.77. The van der Waals surface area contributed by atoms with Crippen molar-refractivity contribution < 1.29 is 27.7 Å². The first-order chi connectivity index (χ1) is 14.9. The highest BCUT2D eigenvalue weighted by Gasteiger charge is 2.13. The number of alkyl halides is 2. The van der Waals surface area contributed by atoms with Crippen molar-refractivity contribution in [2.75, 3.05) is 27.9 Å². The Balaban J connectivity index is 2.21. The predicted octanol–water partition coefficient (Wildman–Crippen LogP) is 3.88. The maximum absolute atomic E-state index is 12.7. The number of halogens is 2. The zero-order valence-electron chi connectivity index (χ0n) is 18.4. The van der Waals surface area contributed by atoms with E-state index in [0.29, 0.717) is 41.9 Å². The Labute approximate surface area is 181 Å². The Morgan fingerprint density at radius 1 is 0.903 bits per heavy atom. The van der Waals surface area contributed by atoms with Gasteiger partial charge in [0, 0.05) is 30.3 Å². The van der Waals surface area contributed by atoms with Crippen molar-refractivity contribution in [3.05, 3.63) is 47.0 Å². The molecule has 2 aromatic rings. The van der Waals surface area contributed by atoms with E-state index >= 15 is 0 Å². The summed E-state index contributed by atoms with van der Waals surface area (Å²) < 4.78 is 46.1. The molecular formula is C22H29F2N3O4. The quantitative estimate of drug-likeness (QED) is 0.434. The molecule has 0 aromatic heterocycles. The molecule has 2 N–H and O–H groups in total. The molecule has 0 fully saturated rings. The number of nitrogens with zero attached hydrogens (tertiary/aromatic N) is 1. The highest BCUT2D eigenvalue weighted by atomic mass is 19.3. The van der Waals surface area contributed by atoms with Gasteiger partial charge in [0.2, 0.25) is 0 Å². The van der Waals surface area contributed by atoms with Crippen molar-refractivity contribution in [2.45, 2.75) is 33.5 Å². The lowest BCUT2D eigenvalue weighted by atomic mass is 10.1. The van der Waals surface area contributed by atoms with Crippen LogP contribution < -0.4 is 29.6 Å². The first kappa shape index (κ1) is 24.0. The Morgan fingerprint density at radius 2 is 1.58 bits per heavy atom. The van der Waals surface area contributed by atoms with Crippen molar-refractivity contribution in [1.29, 1.82) is 0 Å². The van der Waals surface area contributed by atoms with Gasteiger partial charge in [-0.3, -0.25) is 0 Å². The van der Waals surface area contributed by atoms with Gasteiger partial charge in [0.1, 0.15) is 11.5 Å². The molecule has 7 nitrogen and oxygen atoms in total. The summed E-state index contributed by atoms with van der Waals surface area (Å²) in [6, 6.07) is 8.60. The van der Waals surface area contributed by atoms with Crippen molar-refractivity contribution in [1.82, 2.24) is 10.6 Å². The summed E-state index contributed by atoms with van der Waals surface area (Å²) in [7, 11) is 4.70. The van der Waals surface area contributed by atoms with E-state index in [4.69, 9.17) is 14.2 Å². The zero-order valence-corrected chi connectivity index (χ0v) is 18.4. The molecule has 9 heteroatoms. The lowest BCUT2D eigenvalue weighted by Gasteiger charge is -2.16. The lowest BCUT2D eigenvalue weighted by molar-refractivity contribution is -0.0504. The number of benzene rings is 2. The number of methoxy groups -OCH3 is 3. The molecular weight excluding hydrogens is 408 g/mol. The van der Waals surface area contributed by atoms with Crippen LogP contribution in [0.15, 0.2) is 35.3 Å². The van der Waals surface area contributed by atoms with E-state index < -0.39 is 6.61 Å². The normalized spacial score (nSPS) is 11.3. The largest absolute Gasteiger partial charge is 0.496 e. The van der Waals surface area contributed by atoms with Gasteiger partial charge in [-0.2, -0.15) is 8.78 Å². The van der Waals surface area contributed by atoms with Gasteiger partial charge in [0.25, 0.3) is 0 Å². The van der Waals surface area contributed by atoms with Crippen LogP contribution in [0.5, 0.6) is 23.0 Å². The van der Waals surface area contributed by atoms with E-state index in [1.165, 1.54) is 6.07 Å². The lowest BCUT2D eigenvalue weighted by Crippen LogP contribution is -2.36. The molecule has 0 spiro atoms. The van der Waals surface area contributed by atoms with Gasteiger partial charge >= 0.3 is 6.61 Å². The number of ether oxygens (including phenoxy) is 4. The topological polar surface area (TPSA) is 73.3 Å². The average Bonchev–Trinajstić information content (AvgIpc) is 2.76. The minimum absolute atomic E-state index is 0.113. The van der Waals surface area contributed by atoms with Crippen LogP contribution in [0.3, 0.4) is 0 Å². The van der Waals surface area contributed by atoms with Crippen LogP contribution in [0, 0.1) is 6.92 Å². The van der Waals surface area contributed by atoms with E-state index in [9.17, 15) is 8.78 Å². The summed E-state index contributed by atoms with van der Waals surface area (Å²) in [5, 5.41) is 6.36. The first-order valence-corrected chi connectivity index (χ1v) is 9.77. The summed E-state index contributed by atoms with van der Waals surface area (Å²) in [6.07, 6.45) is 0. The van der Waals surface area contributed by atoms with Crippen LogP contribution in [0.4, 0.5) is 8.78 Å². The second-order valence-electron chi connectivity index (χ2n) is 6.56. The van der Waals surface area contributed by atoms with Gasteiger partial charge in [0.15, 0.2) is 17.5 Å². The van der Waals surface area contributed by atoms with Crippen LogP contribution in [0.1, 0.15) is 23.6 Å². The summed E-state index contributed by atoms with van der Waals surface area (Å²) >= 11 is 0. The minimum atomic E-state index is -2.89. The molecule has 0 atom stereocenters. The van der Waals surface area contributed by atoms with Gasteiger partial charge in [-0.05, 0) is 26.0 Å². The third-order valence-electron chi connectivity index (χ3n) is 4.42. The standard InChI is InChI=1S/C22H29F2N3O4/c1-6-25-22(26-12-15-9-14(2)7-8-17(15)31-21(23)24)27-13-16-10-19(29-4)20(30-5)11-18(16)28-3/h7-11,21H,6,12-13H2,1-5H3,(H2,25,26,27). The Bertz CT molecular complexity index is 891. The van der Waals surface area contributed by atoms with E-state index in [-0.39, 0.29) is 12.3 Å². The minimum Gasteiger partial charge on any atom is -0.496 e. The van der Waals surface area contributed by atoms with Crippen LogP contribution in [-0.4, -0.2) is 40.4 Å². The molecule has 0 aliphatic carbocycles. The fourth-order valence-corrected chi connectivity index (χ4v) is 2.96. The molecule has 0 bridgehead atoms. The van der Waals surface area contributed by atoms with Crippen molar-refractivity contribution in [3.63, 3.8) is 0 Å². The maximum Gasteiger partial charge on any atom is 0.387 e. The number of guanidine groups is 1. The van der Waals surface area contributed by atoms with E-state index in [0.717, 1.165) is 11.1 Å². The summed E-state index contributed by atoms with van der Waals surface area (Å²) in [4.78, 5) is 4.51. The SMILES string of the molecule is CCNC(=NCc1cc(C)ccc1OC(F)F)NCc1cc(OC)c(OC)cc1OC. The summed E-state index contributed by atoms with van der Waals surface area (Å²) in [5.41, 5.74) is 2.34. The Kier molecular flexibility index (Phi) is 9.17. The summed E-state index contributed by atoms with van der Waals surface area (Å²) in [5.74, 6) is 2.41. The molecule has 0 amide bonds. The molecule has 0 unspecified atom stereocenters. The van der Waals surface area contributed by atoms with Gasteiger partial charge in [-0.15, -0.1) is 0 Å². The molecule has 2 rings (SSSR count). The molecule has 31 heavy (non-hydrogen) atoms. The molecule has 0 aliphatic rings. The molecule has 0 radical (unpaired) electrons. The van der Waals surface area contributed by atoms with Gasteiger partial charge in [-0.25, -0.2) is 4.99 Å². The Morgan fingerprint density at radius 3 is 2.19 bits per heavy atom. The number of hydrogen-bond acceptors (Lipinski definition) is 5. The second kappa shape index (κ2) is 11.8. The van der Waals surface area contributed by atoms with E-state index in [2.05, 4.69) is 20.4 Å². The number of nitrogens with one attached hydrogen (secondary N) is 2. The van der Waals surface area contributed by atoms with Crippen molar-refractivity contribution in [3.8, 4) is 23.0 Å². The fraction of sp³-hybridized carbons (Fsp3) is 0.409. The monoisotopic (exact) mass is 437 g/mol. The molecule has 2 aromatic carbocycles. The smallest absolute Gasteiger partial charge is 0.387 e. The molecule has 0 saturated carbocycles. The average molecular weight is 437 g/mol. The van der Waals surface area contributed by atoms with Gasteiger partial charge < -0.3 is 29.6 Å². The second-order valence-corrected chi connectivity index (χ2v) is 6.56. The van der Waals surface area contributed by atoms with Gasteiger partial charge in [-0.1, -0.05) is 17.7 Å². The van der Waals surface area contributed by atoms with E-state index in [1.807, 2.05) is 19.9 Å². The maximum atomic E-state index is 12.7. The number of aryl methyl sites for hydroxylation is 1. The van der Waals surface area contributed by atoms with Crippen LogP contribution in [0.25, 0.3) is 0 Å². The van der Waals surface area contributed by atoms with Crippen LogP contribution in [0.2, 0.25) is 0 Å². The zero-order chi connectivity index (χ0) is 22.8. The highest BCUT2D eigenvalue weighted by molar-refractivity contribution is 5.79. The Hall–Kier alpha value is -3.23. The number of hydrogen-bond donors (Lipinski definition) is 2. The molecule has 170 valence electrons. The predicted molar refractivity (Wildman–Crippen MR) is 116 cm³/mol. The highest BCUT2D eigenvalue weighted by Crippen LogP contribution is 2.34. The molecule has 0 heterocycles. The summed E-state index contributed by atoms with van der Waals surface area (Å²) in [6.45, 7) is 2.11.